The van der Waals surface area contributed by atoms with Crippen molar-refractivity contribution in [2.24, 2.45) is 0 Å². The molecule has 2 unspecified atom stereocenters. The molecule has 43 heavy (non-hydrogen) atoms. The summed E-state index contributed by atoms with van der Waals surface area (Å²) in [7, 11) is 0. The molecule has 4 saturated heterocycles. The number of ether oxygens (including phenoxy) is 1. The van der Waals surface area contributed by atoms with E-state index in [1.165, 1.54) is 12.1 Å². The van der Waals surface area contributed by atoms with Crippen molar-refractivity contribution in [3.8, 4) is 11.8 Å². The fourth-order valence-corrected chi connectivity index (χ4v) is 8.30. The number of carbonyl (C=O) groups is 1. The number of aromatic nitrogens is 2. The summed E-state index contributed by atoms with van der Waals surface area (Å²) in [6.45, 7) is 5.05. The van der Waals surface area contributed by atoms with E-state index in [0.717, 1.165) is 32.2 Å². The van der Waals surface area contributed by atoms with Gasteiger partial charge in [0.15, 0.2) is 0 Å². The molecule has 0 aliphatic carbocycles. The first-order chi connectivity index (χ1) is 20.8. The minimum absolute atomic E-state index is 0.00275. The number of rotatable bonds is 6. The van der Waals surface area contributed by atoms with Crippen LogP contribution in [0.2, 0.25) is 0 Å². The van der Waals surface area contributed by atoms with Crippen LogP contribution in [0.1, 0.15) is 60.6 Å². The standard InChI is InChI=1S/C32H36F2N6O3/c1-2-23-24(34)7-4-18-10-22(41)11-26(27(18)23)40-16-25-28(30(40)42)29(38-14-20-5-6-21(15-38)35-20)37-31(36-25)43-17-32-8-3-9-39(32)13-19(33)12-32/h4,7,10-11,19-21,35,41H,2-3,5-6,8-9,12-17H2,1H3/t19-,20?,21?,32+/m1/s1. The molecule has 5 aliphatic rings. The fraction of sp³-hybridized carbons (Fsp3) is 0.531. The number of benzene rings is 2. The van der Waals surface area contributed by atoms with E-state index in [1.54, 1.807) is 17.0 Å². The highest BCUT2D eigenvalue weighted by molar-refractivity contribution is 6.16. The molecule has 2 bridgehead atoms. The summed E-state index contributed by atoms with van der Waals surface area (Å²) in [6.07, 6.45) is 4.04. The summed E-state index contributed by atoms with van der Waals surface area (Å²) < 4.78 is 35.7. The maximum absolute atomic E-state index is 15.0. The number of aryl methyl sites for hydroxylation is 1. The first kappa shape index (κ1) is 27.0. The molecule has 0 spiro atoms. The molecule has 1 aromatic heterocycles. The fourth-order valence-electron chi connectivity index (χ4n) is 8.30. The molecule has 2 N–H and O–H groups in total. The molecule has 1 amide bonds. The Hall–Kier alpha value is -3.57. The number of fused-ring (bicyclic) bond motifs is 5. The van der Waals surface area contributed by atoms with Crippen molar-refractivity contribution in [1.29, 1.82) is 0 Å². The maximum Gasteiger partial charge on any atom is 0.318 e. The number of amides is 1. The van der Waals surface area contributed by atoms with Crippen LogP contribution in [0.4, 0.5) is 20.3 Å². The zero-order valence-corrected chi connectivity index (χ0v) is 24.3. The van der Waals surface area contributed by atoms with Crippen molar-refractivity contribution >= 4 is 28.2 Å². The lowest BCUT2D eigenvalue weighted by Gasteiger charge is -2.34. The van der Waals surface area contributed by atoms with Crippen molar-refractivity contribution in [2.75, 3.05) is 42.6 Å². The molecular weight excluding hydrogens is 554 g/mol. The van der Waals surface area contributed by atoms with Gasteiger partial charge in [-0.2, -0.15) is 9.97 Å². The molecule has 4 fully saturated rings. The van der Waals surface area contributed by atoms with Gasteiger partial charge in [0.25, 0.3) is 5.91 Å². The van der Waals surface area contributed by atoms with Crippen LogP contribution in [0.3, 0.4) is 0 Å². The molecule has 0 radical (unpaired) electrons. The first-order valence-corrected chi connectivity index (χ1v) is 15.5. The smallest absolute Gasteiger partial charge is 0.318 e. The summed E-state index contributed by atoms with van der Waals surface area (Å²) in [4.78, 5) is 29.8. The van der Waals surface area contributed by atoms with Crippen LogP contribution in [-0.4, -0.2) is 82.5 Å². The lowest BCUT2D eigenvalue weighted by Crippen LogP contribution is -2.51. The number of halogens is 2. The minimum atomic E-state index is -0.863. The van der Waals surface area contributed by atoms with Crippen LogP contribution >= 0.6 is 0 Å². The maximum atomic E-state index is 15.0. The lowest BCUT2D eigenvalue weighted by atomic mass is 9.95. The quantitative estimate of drug-likeness (QED) is 0.444. The molecule has 4 atom stereocenters. The van der Waals surface area contributed by atoms with Gasteiger partial charge in [-0.1, -0.05) is 13.0 Å². The number of nitrogens with one attached hydrogen (secondary N) is 1. The van der Waals surface area contributed by atoms with Gasteiger partial charge in [0.1, 0.15) is 35.7 Å². The Balaban J connectivity index is 1.20. The third-order valence-corrected chi connectivity index (χ3v) is 10.2. The molecule has 3 aromatic rings. The van der Waals surface area contributed by atoms with Crippen LogP contribution in [-0.2, 0) is 13.0 Å². The van der Waals surface area contributed by atoms with Gasteiger partial charge in [-0.3, -0.25) is 9.69 Å². The van der Waals surface area contributed by atoms with Gasteiger partial charge in [-0.15, -0.1) is 0 Å². The highest BCUT2D eigenvalue weighted by Gasteiger charge is 2.49. The van der Waals surface area contributed by atoms with Crippen LogP contribution in [0, 0.1) is 5.82 Å². The summed E-state index contributed by atoms with van der Waals surface area (Å²) in [5.74, 6) is -0.0801. The number of aromatic hydroxyl groups is 1. The molecule has 5 aliphatic heterocycles. The molecule has 0 saturated carbocycles. The van der Waals surface area contributed by atoms with Crippen LogP contribution in [0.25, 0.3) is 10.8 Å². The van der Waals surface area contributed by atoms with Gasteiger partial charge in [0, 0.05) is 49.6 Å². The molecule has 8 rings (SSSR count). The zero-order chi connectivity index (χ0) is 29.5. The molecular formula is C32H36F2N6O3. The average Bonchev–Trinajstić information content (AvgIpc) is 3.72. The van der Waals surface area contributed by atoms with Crippen LogP contribution in [0.5, 0.6) is 11.8 Å². The predicted molar refractivity (Wildman–Crippen MR) is 158 cm³/mol. The SMILES string of the molecule is CCc1c(F)ccc2cc(O)cc(N3Cc4nc(OC[C@@]56CCCN5C[C@H](F)C6)nc(N5CC6CCC(C5)N6)c4C3=O)c12. The van der Waals surface area contributed by atoms with Crippen molar-refractivity contribution in [2.45, 2.75) is 75.8 Å². The number of hydrogen-bond acceptors (Lipinski definition) is 8. The normalized spacial score (nSPS) is 28.3. The van der Waals surface area contributed by atoms with Gasteiger partial charge < -0.3 is 25.0 Å². The van der Waals surface area contributed by atoms with Gasteiger partial charge in [0.05, 0.1) is 23.5 Å². The third-order valence-electron chi connectivity index (χ3n) is 10.2. The molecule has 9 nitrogen and oxygen atoms in total. The molecule has 11 heteroatoms. The van der Waals surface area contributed by atoms with E-state index >= 15 is 0 Å². The zero-order valence-electron chi connectivity index (χ0n) is 24.3. The highest BCUT2D eigenvalue weighted by Crippen LogP contribution is 2.43. The number of carbonyl (C=O) groups excluding carboxylic acids is 1. The van der Waals surface area contributed by atoms with E-state index in [1.807, 2.05) is 6.92 Å². The number of piperazine rings is 1. The van der Waals surface area contributed by atoms with Crippen LogP contribution in [0.15, 0.2) is 24.3 Å². The number of phenolic OH excluding ortho intramolecular Hbond substituents is 1. The van der Waals surface area contributed by atoms with Gasteiger partial charge in [-0.25, -0.2) is 8.78 Å². The second-order valence-electron chi connectivity index (χ2n) is 12.9. The number of phenols is 1. The minimum Gasteiger partial charge on any atom is -0.508 e. The first-order valence-electron chi connectivity index (χ1n) is 15.5. The van der Waals surface area contributed by atoms with Crippen LogP contribution < -0.4 is 19.9 Å². The highest BCUT2D eigenvalue weighted by atomic mass is 19.1. The largest absolute Gasteiger partial charge is 0.508 e. The Bertz CT molecular complexity index is 1620. The number of hydrogen-bond donors (Lipinski definition) is 2. The third kappa shape index (κ3) is 4.34. The van der Waals surface area contributed by atoms with E-state index < -0.39 is 6.17 Å². The summed E-state index contributed by atoms with van der Waals surface area (Å²) in [5.41, 5.74) is 1.55. The molecule has 2 aromatic carbocycles. The molecule has 6 heterocycles. The van der Waals surface area contributed by atoms with Crippen molar-refractivity contribution < 1.29 is 23.4 Å². The Kier molecular flexibility index (Phi) is 6.27. The number of anilines is 2. The Labute approximate surface area is 248 Å². The van der Waals surface area contributed by atoms with E-state index in [-0.39, 0.29) is 35.6 Å². The molecule has 226 valence electrons. The Morgan fingerprint density at radius 3 is 2.77 bits per heavy atom. The van der Waals surface area contributed by atoms with Crippen molar-refractivity contribution in [1.82, 2.24) is 20.2 Å². The summed E-state index contributed by atoms with van der Waals surface area (Å²) in [5, 5.41) is 15.5. The summed E-state index contributed by atoms with van der Waals surface area (Å²) in [6, 6.07) is 6.98. The second kappa shape index (κ2) is 9.99. The van der Waals surface area contributed by atoms with E-state index in [0.29, 0.717) is 90.3 Å². The summed E-state index contributed by atoms with van der Waals surface area (Å²) >= 11 is 0. The van der Waals surface area contributed by atoms with E-state index in [9.17, 15) is 18.7 Å². The second-order valence-corrected chi connectivity index (χ2v) is 12.9. The Morgan fingerprint density at radius 2 is 1.98 bits per heavy atom. The van der Waals surface area contributed by atoms with Crippen molar-refractivity contribution in [3.05, 3.63) is 46.9 Å². The lowest BCUT2D eigenvalue weighted by molar-refractivity contribution is 0.0996. The van der Waals surface area contributed by atoms with Crippen molar-refractivity contribution in [3.63, 3.8) is 0 Å². The van der Waals surface area contributed by atoms with E-state index in [2.05, 4.69) is 15.1 Å². The van der Waals surface area contributed by atoms with Gasteiger partial charge in [-0.05, 0) is 61.7 Å². The topological polar surface area (TPSA) is 94.1 Å². The van der Waals surface area contributed by atoms with E-state index in [4.69, 9.17) is 14.7 Å². The van der Waals surface area contributed by atoms with Gasteiger partial charge in [0.2, 0.25) is 0 Å². The number of alkyl halides is 1. The monoisotopic (exact) mass is 590 g/mol. The Morgan fingerprint density at radius 1 is 1.16 bits per heavy atom. The number of nitrogens with zero attached hydrogens (tertiary/aromatic N) is 5. The van der Waals surface area contributed by atoms with Gasteiger partial charge >= 0.3 is 6.01 Å². The average molecular weight is 591 g/mol. The predicted octanol–water partition coefficient (Wildman–Crippen LogP) is 4.09.